The van der Waals surface area contributed by atoms with Gasteiger partial charge in [-0.15, -0.1) is 0 Å². The fraction of sp³-hybridized carbons (Fsp3) is 0.476. The van der Waals surface area contributed by atoms with Gasteiger partial charge in [-0.05, 0) is 44.9 Å². The van der Waals surface area contributed by atoms with Crippen molar-refractivity contribution in [1.29, 1.82) is 0 Å². The number of hydrogen-bond donors (Lipinski definition) is 2. The second-order valence-corrected chi connectivity index (χ2v) is 8.07. The van der Waals surface area contributed by atoms with Crippen LogP contribution >= 0.6 is 0 Å². The van der Waals surface area contributed by atoms with E-state index in [2.05, 4.69) is 16.7 Å². The Hall–Kier alpha value is -2.83. The molecule has 2 bridgehead atoms. The number of carbonyl (C=O) groups excluding carboxylic acids is 3. The summed E-state index contributed by atoms with van der Waals surface area (Å²) >= 11 is 0. The highest BCUT2D eigenvalue weighted by atomic mass is 16.2. The Balaban J connectivity index is 1.55. The topological polar surface area (TPSA) is 81.8 Å². The highest BCUT2D eigenvalue weighted by Crippen LogP contribution is 2.31. The van der Waals surface area contributed by atoms with Gasteiger partial charge < -0.3 is 20.4 Å². The van der Waals surface area contributed by atoms with Crippen molar-refractivity contribution in [2.75, 3.05) is 36.8 Å². The van der Waals surface area contributed by atoms with Gasteiger partial charge in [-0.2, -0.15) is 0 Å². The van der Waals surface area contributed by atoms with E-state index in [0.717, 1.165) is 18.5 Å². The first kappa shape index (κ1) is 18.5. The Bertz CT molecular complexity index is 859. The van der Waals surface area contributed by atoms with Gasteiger partial charge in [0.05, 0.1) is 23.8 Å². The van der Waals surface area contributed by atoms with Crippen LogP contribution in [0.25, 0.3) is 0 Å². The fourth-order valence-electron chi connectivity index (χ4n) is 4.21. The molecule has 28 heavy (non-hydrogen) atoms. The van der Waals surface area contributed by atoms with Crippen LogP contribution in [0.1, 0.15) is 37.0 Å². The summed E-state index contributed by atoms with van der Waals surface area (Å²) in [4.78, 5) is 41.4. The van der Waals surface area contributed by atoms with Gasteiger partial charge in [0, 0.05) is 31.2 Å². The molecule has 0 radical (unpaired) electrons. The van der Waals surface area contributed by atoms with Crippen molar-refractivity contribution < 1.29 is 14.4 Å². The molecular weight excluding hydrogens is 356 g/mol. The SMILES string of the molecule is CC(C)=CCN1C(=O)[C@H]2CC[C@@H]1CN(C(=O)c1ccc3c(c1)NC(=O)CN3)C2. The molecule has 3 saturated heterocycles. The first-order chi connectivity index (χ1) is 13.4. The van der Waals surface area contributed by atoms with E-state index in [1.165, 1.54) is 5.57 Å². The van der Waals surface area contributed by atoms with Crippen molar-refractivity contribution in [2.24, 2.45) is 5.92 Å². The van der Waals surface area contributed by atoms with Crippen LogP contribution in [-0.4, -0.2) is 59.7 Å². The highest BCUT2D eigenvalue weighted by molar-refractivity contribution is 6.03. The summed E-state index contributed by atoms with van der Waals surface area (Å²) in [5, 5.41) is 5.83. The van der Waals surface area contributed by atoms with Gasteiger partial charge in [-0.3, -0.25) is 14.4 Å². The third-order valence-corrected chi connectivity index (χ3v) is 5.76. The molecule has 1 aromatic rings. The Labute approximate surface area is 164 Å². The summed E-state index contributed by atoms with van der Waals surface area (Å²) in [6.07, 6.45) is 3.84. The zero-order valence-electron chi connectivity index (χ0n) is 16.3. The standard InChI is InChI=1S/C21H26N4O3/c1-13(2)7-8-25-16-5-3-15(21(25)28)11-24(12-16)20(27)14-4-6-17-18(9-14)23-19(26)10-22-17/h4,6-7,9,15-16,22H,3,5,8,10-12H2,1-2H3,(H,23,26)/t15-,16+/m0/s1. The van der Waals surface area contributed by atoms with Gasteiger partial charge in [-0.1, -0.05) is 11.6 Å². The Morgan fingerprint density at radius 2 is 2.00 bits per heavy atom. The smallest absolute Gasteiger partial charge is 0.254 e. The minimum absolute atomic E-state index is 0.0600. The van der Waals surface area contributed by atoms with Crippen molar-refractivity contribution >= 4 is 29.1 Å². The van der Waals surface area contributed by atoms with Crippen molar-refractivity contribution in [3.05, 3.63) is 35.4 Å². The molecule has 4 aliphatic rings. The quantitative estimate of drug-likeness (QED) is 0.785. The van der Waals surface area contributed by atoms with Crippen LogP contribution in [0.4, 0.5) is 11.4 Å². The van der Waals surface area contributed by atoms with Gasteiger partial charge >= 0.3 is 0 Å². The average Bonchev–Trinajstić information content (AvgIpc) is 2.96. The number of benzene rings is 1. The number of fused-ring (bicyclic) bond motifs is 5. The Kier molecular flexibility index (Phi) is 4.83. The van der Waals surface area contributed by atoms with E-state index in [-0.39, 0.29) is 36.2 Å². The minimum atomic E-state index is -0.132. The molecule has 3 fully saturated rings. The van der Waals surface area contributed by atoms with Crippen LogP contribution in [0.5, 0.6) is 0 Å². The molecule has 0 aliphatic carbocycles. The van der Waals surface area contributed by atoms with Crippen LogP contribution < -0.4 is 10.6 Å². The maximum absolute atomic E-state index is 13.2. The molecule has 3 amide bonds. The van der Waals surface area contributed by atoms with Gasteiger partial charge in [0.1, 0.15) is 0 Å². The molecule has 7 nitrogen and oxygen atoms in total. The van der Waals surface area contributed by atoms with Crippen molar-refractivity contribution in [3.8, 4) is 0 Å². The minimum Gasteiger partial charge on any atom is -0.374 e. The molecule has 0 saturated carbocycles. The second-order valence-electron chi connectivity index (χ2n) is 8.07. The van der Waals surface area contributed by atoms with Crippen LogP contribution in [-0.2, 0) is 9.59 Å². The molecule has 0 aromatic heterocycles. The lowest BCUT2D eigenvalue weighted by Gasteiger charge is -2.35. The third kappa shape index (κ3) is 3.48. The number of allylic oxidation sites excluding steroid dienone is 1. The maximum atomic E-state index is 13.2. The Morgan fingerprint density at radius 3 is 2.79 bits per heavy atom. The lowest BCUT2D eigenvalue weighted by atomic mass is 9.94. The number of nitrogens with one attached hydrogen (secondary N) is 2. The molecule has 7 heteroatoms. The number of carbonyl (C=O) groups is 3. The Morgan fingerprint density at radius 1 is 1.18 bits per heavy atom. The van der Waals surface area contributed by atoms with E-state index >= 15 is 0 Å². The second kappa shape index (κ2) is 7.30. The van der Waals surface area contributed by atoms with Crippen LogP contribution in [0.2, 0.25) is 0 Å². The average molecular weight is 382 g/mol. The van der Waals surface area contributed by atoms with E-state index in [4.69, 9.17) is 0 Å². The zero-order chi connectivity index (χ0) is 19.8. The number of anilines is 2. The summed E-state index contributed by atoms with van der Waals surface area (Å²) in [6, 6.07) is 5.38. The van der Waals surface area contributed by atoms with Gasteiger partial charge in [0.25, 0.3) is 5.91 Å². The van der Waals surface area contributed by atoms with E-state index < -0.39 is 0 Å². The summed E-state index contributed by atoms with van der Waals surface area (Å²) < 4.78 is 0. The number of piperidine rings is 1. The molecule has 1 aromatic carbocycles. The predicted octanol–water partition coefficient (Wildman–Crippen LogP) is 2.08. The molecule has 4 aliphatic heterocycles. The van der Waals surface area contributed by atoms with Crippen molar-refractivity contribution in [3.63, 3.8) is 0 Å². The first-order valence-electron chi connectivity index (χ1n) is 9.83. The number of amides is 3. The fourth-order valence-corrected chi connectivity index (χ4v) is 4.21. The van der Waals surface area contributed by atoms with Crippen molar-refractivity contribution in [2.45, 2.75) is 32.7 Å². The van der Waals surface area contributed by atoms with Crippen molar-refractivity contribution in [1.82, 2.24) is 9.80 Å². The summed E-state index contributed by atoms with van der Waals surface area (Å²) in [5.41, 5.74) is 3.16. The predicted molar refractivity (Wildman–Crippen MR) is 107 cm³/mol. The molecular formula is C21H26N4O3. The normalized spacial score (nSPS) is 23.5. The first-order valence-corrected chi connectivity index (χ1v) is 9.83. The number of hydrogen-bond acceptors (Lipinski definition) is 4. The van der Waals surface area contributed by atoms with E-state index in [1.807, 2.05) is 29.7 Å². The monoisotopic (exact) mass is 382 g/mol. The third-order valence-electron chi connectivity index (χ3n) is 5.76. The lowest BCUT2D eigenvalue weighted by Crippen LogP contribution is -2.48. The zero-order valence-corrected chi connectivity index (χ0v) is 16.3. The highest BCUT2D eigenvalue weighted by Gasteiger charge is 2.41. The van der Waals surface area contributed by atoms with Gasteiger partial charge in [-0.25, -0.2) is 0 Å². The lowest BCUT2D eigenvalue weighted by molar-refractivity contribution is -0.139. The van der Waals surface area contributed by atoms with E-state index in [9.17, 15) is 14.4 Å². The largest absolute Gasteiger partial charge is 0.374 e. The molecule has 2 atom stereocenters. The van der Waals surface area contributed by atoms with E-state index in [0.29, 0.717) is 30.9 Å². The molecule has 4 heterocycles. The van der Waals surface area contributed by atoms with Gasteiger partial charge in [0.15, 0.2) is 0 Å². The number of rotatable bonds is 3. The van der Waals surface area contributed by atoms with Gasteiger partial charge in [0.2, 0.25) is 11.8 Å². The summed E-state index contributed by atoms with van der Waals surface area (Å²) in [5.74, 6) is -0.181. The van der Waals surface area contributed by atoms with Crippen LogP contribution in [0.3, 0.4) is 0 Å². The van der Waals surface area contributed by atoms with E-state index in [1.54, 1.807) is 12.1 Å². The molecule has 148 valence electrons. The van der Waals surface area contributed by atoms with Crippen LogP contribution in [0.15, 0.2) is 29.8 Å². The number of nitrogens with zero attached hydrogens (tertiary/aromatic N) is 2. The molecule has 2 N–H and O–H groups in total. The van der Waals surface area contributed by atoms with Crippen LogP contribution in [0, 0.1) is 5.92 Å². The molecule has 5 rings (SSSR count). The maximum Gasteiger partial charge on any atom is 0.254 e. The summed E-state index contributed by atoms with van der Waals surface area (Å²) in [7, 11) is 0. The summed E-state index contributed by atoms with van der Waals surface area (Å²) in [6.45, 7) is 5.92. The molecule has 0 unspecified atom stereocenters. The molecule has 0 spiro atoms.